The zero-order chi connectivity index (χ0) is 13.0. The lowest BCUT2D eigenvalue weighted by Gasteiger charge is -2.06. The van der Waals surface area contributed by atoms with Crippen LogP contribution in [0, 0.1) is 6.92 Å². The van der Waals surface area contributed by atoms with Crippen molar-refractivity contribution in [3.63, 3.8) is 0 Å². The van der Waals surface area contributed by atoms with Crippen molar-refractivity contribution in [2.24, 2.45) is 0 Å². The summed E-state index contributed by atoms with van der Waals surface area (Å²) in [4.78, 5) is 8.61. The van der Waals surface area contributed by atoms with Crippen molar-refractivity contribution in [3.05, 3.63) is 56.5 Å². The Morgan fingerprint density at radius 1 is 1.11 bits per heavy atom. The lowest BCUT2D eigenvalue weighted by Crippen LogP contribution is -2.14. The van der Waals surface area contributed by atoms with E-state index in [1.54, 1.807) is 6.20 Å². The first-order valence-corrected chi connectivity index (χ1v) is 7.16. The minimum absolute atomic E-state index is 0.724. The van der Waals surface area contributed by atoms with Crippen molar-refractivity contribution in [1.82, 2.24) is 15.3 Å². The molecule has 2 rings (SSSR count). The fourth-order valence-corrected chi connectivity index (χ4v) is 2.63. The summed E-state index contributed by atoms with van der Waals surface area (Å²) in [5.41, 5.74) is 3.21. The smallest absolute Gasteiger partial charge is 0.0684 e. The molecule has 0 radical (unpaired) electrons. The Labute approximate surface area is 123 Å². The van der Waals surface area contributed by atoms with Gasteiger partial charge in [-0.25, -0.2) is 0 Å². The molecular weight excluding hydrogens is 358 g/mol. The van der Waals surface area contributed by atoms with Gasteiger partial charge in [-0.2, -0.15) is 0 Å². The minimum atomic E-state index is 0.724. The highest BCUT2D eigenvalue weighted by molar-refractivity contribution is 9.11. The average Bonchev–Trinajstić information content (AvgIpc) is 2.34. The van der Waals surface area contributed by atoms with E-state index in [4.69, 9.17) is 0 Å². The second-order valence-corrected chi connectivity index (χ2v) is 5.76. The van der Waals surface area contributed by atoms with Gasteiger partial charge in [0, 0.05) is 40.1 Å². The summed E-state index contributed by atoms with van der Waals surface area (Å²) in [5.74, 6) is 0. The second kappa shape index (κ2) is 6.41. The van der Waals surface area contributed by atoms with Crippen molar-refractivity contribution >= 4 is 31.9 Å². The topological polar surface area (TPSA) is 37.8 Å². The van der Waals surface area contributed by atoms with Crippen LogP contribution < -0.4 is 5.32 Å². The number of rotatable bonds is 4. The van der Waals surface area contributed by atoms with Gasteiger partial charge in [0.2, 0.25) is 0 Å². The number of nitrogens with zero attached hydrogens (tertiary/aromatic N) is 2. The van der Waals surface area contributed by atoms with Gasteiger partial charge in [0.15, 0.2) is 0 Å². The Morgan fingerprint density at radius 3 is 2.61 bits per heavy atom. The Balaban J connectivity index is 1.90. The van der Waals surface area contributed by atoms with Crippen molar-refractivity contribution in [3.8, 4) is 0 Å². The molecule has 0 amide bonds. The maximum Gasteiger partial charge on any atom is 0.0684 e. The Bertz CT molecular complexity index is 526. The van der Waals surface area contributed by atoms with Gasteiger partial charge in [-0.15, -0.1) is 0 Å². The van der Waals surface area contributed by atoms with E-state index in [2.05, 4.69) is 53.2 Å². The predicted octanol–water partition coefficient (Wildman–Crippen LogP) is 3.60. The quantitative estimate of drug-likeness (QED) is 0.893. The van der Waals surface area contributed by atoms with Crippen LogP contribution in [0.25, 0.3) is 0 Å². The first-order chi connectivity index (χ1) is 8.65. The van der Waals surface area contributed by atoms with E-state index >= 15 is 0 Å². The molecule has 3 nitrogen and oxygen atoms in total. The maximum atomic E-state index is 4.35. The molecule has 0 unspecified atom stereocenters. The summed E-state index contributed by atoms with van der Waals surface area (Å²) >= 11 is 6.88. The number of pyridine rings is 2. The van der Waals surface area contributed by atoms with Crippen LogP contribution in [0.3, 0.4) is 0 Å². The molecule has 0 saturated carbocycles. The van der Waals surface area contributed by atoms with E-state index in [0.29, 0.717) is 0 Å². The summed E-state index contributed by atoms with van der Waals surface area (Å²) < 4.78 is 1.98. The standard InChI is InChI=1S/C13H13Br2N3/c1-9-2-3-10(6-17-9)5-16-8-13-12(15)4-11(14)7-18-13/h2-4,6-7,16H,5,8H2,1H3. The molecule has 2 aromatic rings. The van der Waals surface area contributed by atoms with Crippen LogP contribution >= 0.6 is 31.9 Å². The molecule has 0 saturated heterocycles. The molecule has 0 aromatic carbocycles. The van der Waals surface area contributed by atoms with Crippen LogP contribution in [0.15, 0.2) is 39.5 Å². The maximum absolute atomic E-state index is 4.35. The monoisotopic (exact) mass is 369 g/mol. The zero-order valence-electron chi connectivity index (χ0n) is 9.95. The van der Waals surface area contributed by atoms with Crippen LogP contribution in [0.5, 0.6) is 0 Å². The molecule has 0 atom stereocenters. The van der Waals surface area contributed by atoms with Crippen LogP contribution in [0.2, 0.25) is 0 Å². The minimum Gasteiger partial charge on any atom is -0.307 e. The molecule has 2 heterocycles. The molecule has 0 spiro atoms. The van der Waals surface area contributed by atoms with Crippen LogP contribution in [-0.4, -0.2) is 9.97 Å². The fourth-order valence-electron chi connectivity index (χ4n) is 1.50. The van der Waals surface area contributed by atoms with Crippen LogP contribution in [0.1, 0.15) is 17.0 Å². The lowest BCUT2D eigenvalue weighted by molar-refractivity contribution is 0.675. The Hall–Kier alpha value is -0.780. The van der Waals surface area contributed by atoms with Crippen molar-refractivity contribution < 1.29 is 0 Å². The van der Waals surface area contributed by atoms with Crippen molar-refractivity contribution in [1.29, 1.82) is 0 Å². The zero-order valence-corrected chi connectivity index (χ0v) is 13.1. The van der Waals surface area contributed by atoms with Gasteiger partial charge in [0.25, 0.3) is 0 Å². The fraction of sp³-hybridized carbons (Fsp3) is 0.231. The van der Waals surface area contributed by atoms with Gasteiger partial charge in [-0.3, -0.25) is 9.97 Å². The number of hydrogen-bond acceptors (Lipinski definition) is 3. The molecule has 5 heteroatoms. The molecule has 0 fully saturated rings. The SMILES string of the molecule is Cc1ccc(CNCc2ncc(Br)cc2Br)cn1. The van der Waals surface area contributed by atoms with E-state index in [1.807, 2.05) is 25.3 Å². The van der Waals surface area contributed by atoms with E-state index in [9.17, 15) is 0 Å². The number of nitrogens with one attached hydrogen (secondary N) is 1. The van der Waals surface area contributed by atoms with E-state index in [0.717, 1.165) is 33.4 Å². The Morgan fingerprint density at radius 2 is 1.94 bits per heavy atom. The van der Waals surface area contributed by atoms with Crippen molar-refractivity contribution in [2.75, 3.05) is 0 Å². The van der Waals surface area contributed by atoms with E-state index in [1.165, 1.54) is 5.56 Å². The van der Waals surface area contributed by atoms with Gasteiger partial charge in [0.1, 0.15) is 0 Å². The van der Waals surface area contributed by atoms with E-state index < -0.39 is 0 Å². The number of halogens is 2. The number of aryl methyl sites for hydroxylation is 1. The van der Waals surface area contributed by atoms with Gasteiger partial charge in [-0.1, -0.05) is 6.07 Å². The summed E-state index contributed by atoms with van der Waals surface area (Å²) in [6, 6.07) is 6.10. The number of aromatic nitrogens is 2. The molecule has 2 aromatic heterocycles. The van der Waals surface area contributed by atoms with Crippen LogP contribution in [-0.2, 0) is 13.1 Å². The van der Waals surface area contributed by atoms with E-state index in [-0.39, 0.29) is 0 Å². The van der Waals surface area contributed by atoms with Gasteiger partial charge >= 0.3 is 0 Å². The number of hydrogen-bond donors (Lipinski definition) is 1. The van der Waals surface area contributed by atoms with Gasteiger partial charge < -0.3 is 5.32 Å². The third kappa shape index (κ3) is 3.86. The highest BCUT2D eigenvalue weighted by Gasteiger charge is 2.02. The summed E-state index contributed by atoms with van der Waals surface area (Å²) in [5, 5.41) is 3.35. The molecule has 18 heavy (non-hydrogen) atoms. The molecular formula is C13H13Br2N3. The molecule has 0 aliphatic heterocycles. The lowest BCUT2D eigenvalue weighted by atomic mass is 10.2. The molecule has 94 valence electrons. The van der Waals surface area contributed by atoms with Crippen molar-refractivity contribution in [2.45, 2.75) is 20.0 Å². The second-order valence-electron chi connectivity index (χ2n) is 3.99. The first-order valence-electron chi connectivity index (χ1n) is 5.57. The van der Waals surface area contributed by atoms with Gasteiger partial charge in [-0.05, 0) is 56.5 Å². The van der Waals surface area contributed by atoms with Crippen LogP contribution in [0.4, 0.5) is 0 Å². The first kappa shape index (κ1) is 13.6. The summed E-state index contributed by atoms with van der Waals surface area (Å²) in [7, 11) is 0. The van der Waals surface area contributed by atoms with Gasteiger partial charge in [0.05, 0.1) is 5.69 Å². The molecule has 0 bridgehead atoms. The average molecular weight is 371 g/mol. The summed E-state index contributed by atoms with van der Waals surface area (Å²) in [6.45, 7) is 3.50. The molecule has 0 aliphatic carbocycles. The normalized spacial score (nSPS) is 10.6. The highest BCUT2D eigenvalue weighted by atomic mass is 79.9. The summed E-state index contributed by atoms with van der Waals surface area (Å²) in [6.07, 6.45) is 3.70. The highest BCUT2D eigenvalue weighted by Crippen LogP contribution is 2.19. The third-order valence-electron chi connectivity index (χ3n) is 2.48. The predicted molar refractivity (Wildman–Crippen MR) is 79.2 cm³/mol. The molecule has 1 N–H and O–H groups in total. The third-order valence-corrected chi connectivity index (χ3v) is 3.60. The molecule has 0 aliphatic rings. The largest absolute Gasteiger partial charge is 0.307 e. The Kier molecular flexibility index (Phi) is 4.86.